The van der Waals surface area contributed by atoms with Crippen LogP contribution in [0.2, 0.25) is 5.02 Å². The number of aryl methyl sites for hydroxylation is 2. The van der Waals surface area contributed by atoms with E-state index in [2.05, 4.69) is 20.4 Å². The van der Waals surface area contributed by atoms with Gasteiger partial charge in [0.1, 0.15) is 6.07 Å². The molecule has 0 spiro atoms. The van der Waals surface area contributed by atoms with Crippen molar-refractivity contribution in [2.75, 3.05) is 5.32 Å². The molecule has 1 N–H and O–H groups in total. The smallest absolute Gasteiger partial charge is 0.255 e. The summed E-state index contributed by atoms with van der Waals surface area (Å²) in [5, 5.41) is 17.2. The van der Waals surface area contributed by atoms with Gasteiger partial charge in [0.25, 0.3) is 11.7 Å². The predicted octanol–water partition coefficient (Wildman–Crippen LogP) is 4.81. The average Bonchev–Trinajstić information content (AvgIpc) is 3.16. The number of rotatable bonds is 5. The summed E-state index contributed by atoms with van der Waals surface area (Å²) < 4.78 is 1.71. The molecule has 2 aromatic heterocycles. The van der Waals surface area contributed by atoms with E-state index in [-0.39, 0.29) is 5.91 Å². The zero-order valence-corrected chi connectivity index (χ0v) is 18.3. The summed E-state index contributed by atoms with van der Waals surface area (Å²) in [4.78, 5) is 21.7. The highest BCUT2D eigenvalue weighted by Crippen LogP contribution is 2.25. The lowest BCUT2D eigenvalue weighted by atomic mass is 10.1. The van der Waals surface area contributed by atoms with Crippen LogP contribution in [0.4, 0.5) is 5.69 Å². The minimum absolute atomic E-state index is 0.256. The van der Waals surface area contributed by atoms with Gasteiger partial charge in [-0.3, -0.25) is 4.79 Å². The minimum Gasteiger partial charge on any atom is -0.322 e. The van der Waals surface area contributed by atoms with Crippen molar-refractivity contribution in [2.24, 2.45) is 0 Å². The lowest BCUT2D eigenvalue weighted by molar-refractivity contribution is 0.102. The first-order valence-electron chi connectivity index (χ1n) is 9.37. The Balaban J connectivity index is 1.52. The fraction of sp³-hybridized carbons (Fsp3) is 0.136. The van der Waals surface area contributed by atoms with Gasteiger partial charge in [-0.25, -0.2) is 9.50 Å². The van der Waals surface area contributed by atoms with Crippen LogP contribution in [-0.4, -0.2) is 25.5 Å². The van der Waals surface area contributed by atoms with Crippen molar-refractivity contribution in [3.05, 3.63) is 81.6 Å². The lowest BCUT2D eigenvalue weighted by Gasteiger charge is -2.10. The Morgan fingerprint density at radius 2 is 2.00 bits per heavy atom. The van der Waals surface area contributed by atoms with Crippen LogP contribution in [0.5, 0.6) is 0 Å². The standard InChI is InChI=1S/C22H17ClN6OS/c1-13-9-14(2)29-21(25-13)27-22(28-29)31-12-16-5-3-4-6-18(16)20(30)26-17-8-7-15(11-24)19(23)10-17/h3-10H,12H2,1-2H3,(H,26,30). The van der Waals surface area contributed by atoms with Crippen molar-refractivity contribution >= 4 is 40.7 Å². The third-order valence-corrected chi connectivity index (χ3v) is 5.76. The molecule has 7 nitrogen and oxygen atoms in total. The highest BCUT2D eigenvalue weighted by molar-refractivity contribution is 7.98. The van der Waals surface area contributed by atoms with E-state index >= 15 is 0 Å². The first kappa shape index (κ1) is 20.8. The van der Waals surface area contributed by atoms with E-state index in [1.165, 1.54) is 11.8 Å². The van der Waals surface area contributed by atoms with Crippen molar-refractivity contribution in [3.8, 4) is 6.07 Å². The molecule has 0 radical (unpaired) electrons. The van der Waals surface area contributed by atoms with E-state index < -0.39 is 0 Å². The van der Waals surface area contributed by atoms with Crippen LogP contribution in [0.25, 0.3) is 5.78 Å². The van der Waals surface area contributed by atoms with Gasteiger partial charge < -0.3 is 5.32 Å². The van der Waals surface area contributed by atoms with Gasteiger partial charge in [0.15, 0.2) is 0 Å². The second-order valence-corrected chi connectivity index (χ2v) is 8.20. The Morgan fingerprint density at radius 3 is 2.77 bits per heavy atom. The zero-order valence-electron chi connectivity index (χ0n) is 16.8. The number of nitriles is 1. The number of thioether (sulfide) groups is 1. The summed E-state index contributed by atoms with van der Waals surface area (Å²) in [7, 11) is 0. The fourth-order valence-electron chi connectivity index (χ4n) is 3.10. The molecule has 0 atom stereocenters. The number of anilines is 1. The minimum atomic E-state index is -0.256. The Kier molecular flexibility index (Phi) is 5.89. The molecule has 154 valence electrons. The Morgan fingerprint density at radius 1 is 1.19 bits per heavy atom. The SMILES string of the molecule is Cc1cc(C)n2nc(SCc3ccccc3C(=O)Nc3ccc(C#N)c(Cl)c3)nc2n1. The highest BCUT2D eigenvalue weighted by atomic mass is 35.5. The summed E-state index contributed by atoms with van der Waals surface area (Å²) >= 11 is 7.50. The van der Waals surface area contributed by atoms with Gasteiger partial charge in [-0.2, -0.15) is 10.2 Å². The van der Waals surface area contributed by atoms with Gasteiger partial charge in [-0.05, 0) is 49.7 Å². The third kappa shape index (κ3) is 4.53. The molecule has 0 aliphatic rings. The van der Waals surface area contributed by atoms with Crippen LogP contribution in [0.3, 0.4) is 0 Å². The quantitative estimate of drug-likeness (QED) is 0.440. The van der Waals surface area contributed by atoms with Crippen LogP contribution < -0.4 is 5.32 Å². The number of fused-ring (bicyclic) bond motifs is 1. The van der Waals surface area contributed by atoms with Crippen molar-refractivity contribution in [3.63, 3.8) is 0 Å². The van der Waals surface area contributed by atoms with Crippen LogP contribution in [0.1, 0.15) is 32.9 Å². The number of nitrogens with zero attached hydrogens (tertiary/aromatic N) is 5. The molecule has 0 aliphatic carbocycles. The second kappa shape index (κ2) is 8.76. The predicted molar refractivity (Wildman–Crippen MR) is 120 cm³/mol. The van der Waals surface area contributed by atoms with E-state index in [0.717, 1.165) is 17.0 Å². The van der Waals surface area contributed by atoms with Gasteiger partial charge in [-0.1, -0.05) is 41.6 Å². The van der Waals surface area contributed by atoms with Crippen molar-refractivity contribution in [2.45, 2.75) is 24.8 Å². The van der Waals surface area contributed by atoms with E-state index in [9.17, 15) is 4.79 Å². The second-order valence-electron chi connectivity index (χ2n) is 6.85. The largest absolute Gasteiger partial charge is 0.322 e. The maximum Gasteiger partial charge on any atom is 0.255 e. The van der Waals surface area contributed by atoms with Gasteiger partial charge in [0.05, 0.1) is 10.6 Å². The number of aromatic nitrogens is 4. The molecule has 2 heterocycles. The van der Waals surface area contributed by atoms with Gasteiger partial charge in [-0.15, -0.1) is 5.10 Å². The molecule has 1 amide bonds. The van der Waals surface area contributed by atoms with Crippen molar-refractivity contribution in [1.82, 2.24) is 19.6 Å². The lowest BCUT2D eigenvalue weighted by Crippen LogP contribution is -2.14. The number of hydrogen-bond donors (Lipinski definition) is 1. The number of nitrogens with one attached hydrogen (secondary N) is 1. The number of benzene rings is 2. The molecule has 2 aromatic carbocycles. The molecule has 0 aliphatic heterocycles. The van der Waals surface area contributed by atoms with E-state index in [1.807, 2.05) is 44.2 Å². The normalized spacial score (nSPS) is 10.8. The Labute approximate surface area is 188 Å². The Bertz CT molecular complexity index is 1340. The Hall–Kier alpha value is -3.41. The number of amides is 1. The molecule has 4 rings (SSSR count). The monoisotopic (exact) mass is 448 g/mol. The van der Waals surface area contributed by atoms with E-state index in [0.29, 0.717) is 38.5 Å². The van der Waals surface area contributed by atoms with Crippen molar-refractivity contribution in [1.29, 1.82) is 5.26 Å². The zero-order chi connectivity index (χ0) is 22.0. The van der Waals surface area contributed by atoms with Gasteiger partial charge in [0.2, 0.25) is 5.16 Å². The summed E-state index contributed by atoms with van der Waals surface area (Å²) in [6.07, 6.45) is 0. The summed E-state index contributed by atoms with van der Waals surface area (Å²) in [5.74, 6) is 0.823. The molecule has 0 saturated heterocycles. The number of hydrogen-bond acceptors (Lipinski definition) is 6. The molecule has 4 aromatic rings. The average molecular weight is 449 g/mol. The number of carbonyl (C=O) groups is 1. The van der Waals surface area contributed by atoms with Gasteiger partial charge in [0, 0.05) is 28.4 Å². The van der Waals surface area contributed by atoms with Crippen LogP contribution >= 0.6 is 23.4 Å². The topological polar surface area (TPSA) is 96.0 Å². The molecule has 0 fully saturated rings. The maximum atomic E-state index is 12.9. The molecular weight excluding hydrogens is 432 g/mol. The van der Waals surface area contributed by atoms with Crippen LogP contribution in [0.15, 0.2) is 53.7 Å². The summed E-state index contributed by atoms with van der Waals surface area (Å²) in [6.45, 7) is 3.88. The highest BCUT2D eigenvalue weighted by Gasteiger charge is 2.14. The number of halogens is 1. The van der Waals surface area contributed by atoms with Crippen molar-refractivity contribution < 1.29 is 4.79 Å². The molecular formula is C22H17ClN6OS. The summed E-state index contributed by atoms with van der Waals surface area (Å²) in [6, 6.07) is 16.1. The first-order chi connectivity index (χ1) is 14.9. The molecule has 31 heavy (non-hydrogen) atoms. The molecule has 0 bridgehead atoms. The van der Waals surface area contributed by atoms with E-state index in [1.54, 1.807) is 28.8 Å². The maximum absolute atomic E-state index is 12.9. The van der Waals surface area contributed by atoms with Gasteiger partial charge >= 0.3 is 0 Å². The van der Waals surface area contributed by atoms with Crippen LogP contribution in [-0.2, 0) is 5.75 Å². The molecule has 0 saturated carbocycles. The third-order valence-electron chi connectivity index (χ3n) is 4.57. The molecule has 0 unspecified atom stereocenters. The van der Waals surface area contributed by atoms with Crippen LogP contribution in [0, 0.1) is 25.2 Å². The summed E-state index contributed by atoms with van der Waals surface area (Å²) in [5.41, 5.74) is 4.13. The first-order valence-corrected chi connectivity index (χ1v) is 10.7. The van der Waals surface area contributed by atoms with E-state index in [4.69, 9.17) is 16.9 Å². The molecule has 9 heteroatoms. The number of carbonyl (C=O) groups excluding carboxylic acids is 1. The fourth-order valence-corrected chi connectivity index (χ4v) is 4.15.